The van der Waals surface area contributed by atoms with Crippen LogP contribution in [0.2, 0.25) is 0 Å². The fourth-order valence-corrected chi connectivity index (χ4v) is 1.01. The van der Waals surface area contributed by atoms with Gasteiger partial charge in [-0.3, -0.25) is 0 Å². The minimum atomic E-state index is -4.56. The van der Waals surface area contributed by atoms with Gasteiger partial charge in [0, 0.05) is 6.42 Å². The maximum atomic E-state index is 13.1. The Morgan fingerprint density at radius 3 is 2.44 bits per heavy atom. The molecule has 16 heavy (non-hydrogen) atoms. The average Bonchev–Trinajstić information content (AvgIpc) is 2.19. The molecule has 86 valence electrons. The fourth-order valence-electron chi connectivity index (χ4n) is 1.01. The molecule has 1 N–H and O–H groups in total. The Balaban J connectivity index is 2.98. The summed E-state index contributed by atoms with van der Waals surface area (Å²) >= 11 is 0. The van der Waals surface area contributed by atoms with Gasteiger partial charge in [-0.1, -0.05) is 11.8 Å². The molecule has 0 fully saturated rings. The van der Waals surface area contributed by atoms with E-state index in [1.165, 1.54) is 0 Å². The summed E-state index contributed by atoms with van der Waals surface area (Å²) in [4.78, 5) is 0. The van der Waals surface area contributed by atoms with Crippen LogP contribution in [0.5, 0.6) is 0 Å². The first-order chi connectivity index (χ1) is 7.45. The SMILES string of the molecule is OCCC#Cc1ccc(C(F)(F)F)cc1F. The van der Waals surface area contributed by atoms with Crippen molar-refractivity contribution in [3.63, 3.8) is 0 Å². The van der Waals surface area contributed by atoms with Gasteiger partial charge in [0.25, 0.3) is 0 Å². The van der Waals surface area contributed by atoms with Crippen molar-refractivity contribution >= 4 is 0 Å². The molecule has 0 aliphatic carbocycles. The summed E-state index contributed by atoms with van der Waals surface area (Å²) in [6, 6.07) is 2.15. The summed E-state index contributed by atoms with van der Waals surface area (Å²) in [6.07, 6.45) is -4.40. The maximum absolute atomic E-state index is 13.1. The van der Waals surface area contributed by atoms with Crippen LogP contribution in [0.1, 0.15) is 17.5 Å². The number of aliphatic hydroxyl groups is 1. The van der Waals surface area contributed by atoms with E-state index < -0.39 is 17.6 Å². The third kappa shape index (κ3) is 3.24. The Bertz CT molecular complexity index is 426. The van der Waals surface area contributed by atoms with Crippen molar-refractivity contribution in [3.05, 3.63) is 35.1 Å². The molecule has 0 aliphatic rings. The van der Waals surface area contributed by atoms with E-state index in [4.69, 9.17) is 5.11 Å². The molecule has 0 aromatic heterocycles. The van der Waals surface area contributed by atoms with Crippen LogP contribution in [0.15, 0.2) is 18.2 Å². The zero-order valence-electron chi connectivity index (χ0n) is 8.11. The number of aliphatic hydroxyl groups excluding tert-OH is 1. The predicted molar refractivity (Wildman–Crippen MR) is 50.0 cm³/mol. The highest BCUT2D eigenvalue weighted by atomic mass is 19.4. The van der Waals surface area contributed by atoms with Gasteiger partial charge in [-0.2, -0.15) is 13.2 Å². The highest BCUT2D eigenvalue weighted by Gasteiger charge is 2.30. The zero-order chi connectivity index (χ0) is 12.2. The van der Waals surface area contributed by atoms with E-state index in [1.54, 1.807) is 0 Å². The second-order valence-electron chi connectivity index (χ2n) is 2.97. The van der Waals surface area contributed by atoms with E-state index in [9.17, 15) is 17.6 Å². The number of hydrogen-bond acceptors (Lipinski definition) is 1. The Kier molecular flexibility index (Phi) is 3.91. The van der Waals surface area contributed by atoms with Crippen LogP contribution < -0.4 is 0 Å². The van der Waals surface area contributed by atoms with Gasteiger partial charge in [0.15, 0.2) is 0 Å². The molecule has 0 spiro atoms. The van der Waals surface area contributed by atoms with E-state index in [2.05, 4.69) is 11.8 Å². The van der Waals surface area contributed by atoms with Crippen molar-refractivity contribution in [1.82, 2.24) is 0 Å². The Morgan fingerprint density at radius 1 is 1.25 bits per heavy atom. The summed E-state index contributed by atoms with van der Waals surface area (Å²) in [5, 5.41) is 8.42. The third-order valence-corrected chi connectivity index (χ3v) is 1.76. The summed E-state index contributed by atoms with van der Waals surface area (Å²) < 4.78 is 49.7. The number of halogens is 4. The van der Waals surface area contributed by atoms with Gasteiger partial charge < -0.3 is 5.11 Å². The summed E-state index contributed by atoms with van der Waals surface area (Å²) in [5.74, 6) is 3.76. The molecule has 0 heterocycles. The molecule has 0 saturated carbocycles. The Morgan fingerprint density at radius 2 is 1.94 bits per heavy atom. The Hall–Kier alpha value is -1.54. The quantitative estimate of drug-likeness (QED) is 0.582. The lowest BCUT2D eigenvalue weighted by Crippen LogP contribution is -2.05. The van der Waals surface area contributed by atoms with Crippen LogP contribution in [-0.2, 0) is 6.18 Å². The largest absolute Gasteiger partial charge is 0.416 e. The first-order valence-electron chi connectivity index (χ1n) is 4.41. The summed E-state index contributed by atoms with van der Waals surface area (Å²) in [7, 11) is 0. The molecule has 1 aromatic carbocycles. The first kappa shape index (κ1) is 12.5. The highest BCUT2D eigenvalue weighted by Crippen LogP contribution is 2.29. The number of benzene rings is 1. The second-order valence-corrected chi connectivity index (χ2v) is 2.97. The lowest BCUT2D eigenvalue weighted by molar-refractivity contribution is -0.137. The molecule has 0 saturated heterocycles. The molecular formula is C11H8F4O. The monoisotopic (exact) mass is 232 g/mol. The van der Waals surface area contributed by atoms with Crippen molar-refractivity contribution in [3.8, 4) is 11.8 Å². The molecule has 0 amide bonds. The van der Waals surface area contributed by atoms with Gasteiger partial charge in [0.2, 0.25) is 0 Å². The van der Waals surface area contributed by atoms with Crippen LogP contribution in [0.25, 0.3) is 0 Å². The molecular weight excluding hydrogens is 224 g/mol. The van der Waals surface area contributed by atoms with E-state index >= 15 is 0 Å². The average molecular weight is 232 g/mol. The van der Waals surface area contributed by atoms with E-state index in [0.717, 1.165) is 12.1 Å². The van der Waals surface area contributed by atoms with Gasteiger partial charge in [-0.15, -0.1) is 0 Å². The molecule has 5 heteroatoms. The van der Waals surface area contributed by atoms with Gasteiger partial charge in [-0.25, -0.2) is 4.39 Å². The molecule has 0 unspecified atom stereocenters. The van der Waals surface area contributed by atoms with Crippen LogP contribution in [-0.4, -0.2) is 11.7 Å². The fraction of sp³-hybridized carbons (Fsp3) is 0.273. The standard InChI is InChI=1S/C11H8F4O/c12-10-7-9(11(13,14)15)5-4-8(10)3-1-2-6-16/h4-5,7,16H,2,6H2. The molecule has 1 nitrogen and oxygen atoms in total. The Labute approximate surface area is 89.7 Å². The van der Waals surface area contributed by atoms with Gasteiger partial charge in [0.05, 0.1) is 17.7 Å². The molecule has 1 aromatic rings. The lowest BCUT2D eigenvalue weighted by Gasteiger charge is -2.06. The van der Waals surface area contributed by atoms with Crippen molar-refractivity contribution in [2.45, 2.75) is 12.6 Å². The predicted octanol–water partition coefficient (Wildman–Crippen LogP) is 2.58. The minimum absolute atomic E-state index is 0.110. The topological polar surface area (TPSA) is 20.2 Å². The lowest BCUT2D eigenvalue weighted by atomic mass is 10.1. The first-order valence-corrected chi connectivity index (χ1v) is 4.41. The number of rotatable bonds is 1. The highest BCUT2D eigenvalue weighted by molar-refractivity contribution is 5.38. The van der Waals surface area contributed by atoms with Crippen LogP contribution >= 0.6 is 0 Å². The molecule has 1 rings (SSSR count). The van der Waals surface area contributed by atoms with Gasteiger partial charge in [0.1, 0.15) is 5.82 Å². The van der Waals surface area contributed by atoms with Gasteiger partial charge >= 0.3 is 6.18 Å². The normalized spacial score (nSPS) is 10.8. The summed E-state index contributed by atoms with van der Waals surface area (Å²) in [6.45, 7) is -0.171. The number of hydrogen-bond donors (Lipinski definition) is 1. The van der Waals surface area contributed by atoms with Gasteiger partial charge in [-0.05, 0) is 18.2 Å². The number of alkyl halides is 3. The van der Waals surface area contributed by atoms with Crippen molar-refractivity contribution in [2.24, 2.45) is 0 Å². The smallest absolute Gasteiger partial charge is 0.395 e. The second kappa shape index (κ2) is 4.99. The van der Waals surface area contributed by atoms with Crippen molar-refractivity contribution in [2.75, 3.05) is 6.61 Å². The van der Waals surface area contributed by atoms with Crippen LogP contribution in [0, 0.1) is 17.7 Å². The molecule has 0 aliphatic heterocycles. The minimum Gasteiger partial charge on any atom is -0.395 e. The van der Waals surface area contributed by atoms with Crippen LogP contribution in [0.3, 0.4) is 0 Å². The zero-order valence-corrected chi connectivity index (χ0v) is 8.11. The maximum Gasteiger partial charge on any atom is 0.416 e. The van der Waals surface area contributed by atoms with E-state index in [0.29, 0.717) is 6.07 Å². The third-order valence-electron chi connectivity index (χ3n) is 1.76. The van der Waals surface area contributed by atoms with Crippen molar-refractivity contribution < 1.29 is 22.7 Å². The molecule has 0 bridgehead atoms. The molecule has 0 atom stereocenters. The van der Waals surface area contributed by atoms with E-state index in [1.807, 2.05) is 0 Å². The molecule has 0 radical (unpaired) electrons. The van der Waals surface area contributed by atoms with E-state index in [-0.39, 0.29) is 18.6 Å². The van der Waals surface area contributed by atoms with Crippen LogP contribution in [0.4, 0.5) is 17.6 Å². The summed E-state index contributed by atoms with van der Waals surface area (Å²) in [5.41, 5.74) is -1.15. The van der Waals surface area contributed by atoms with Crippen molar-refractivity contribution in [1.29, 1.82) is 0 Å².